The van der Waals surface area contributed by atoms with Crippen molar-refractivity contribution in [2.75, 3.05) is 13.1 Å². The van der Waals surface area contributed by atoms with Crippen molar-refractivity contribution in [3.8, 4) is 0 Å². The fourth-order valence-corrected chi connectivity index (χ4v) is 4.35. The van der Waals surface area contributed by atoms with E-state index in [0.717, 1.165) is 32.4 Å². The van der Waals surface area contributed by atoms with Crippen molar-refractivity contribution in [1.82, 2.24) is 15.2 Å². The number of nitrogens with one attached hydrogen (secondary N) is 1. The predicted molar refractivity (Wildman–Crippen MR) is 111 cm³/mol. The van der Waals surface area contributed by atoms with E-state index < -0.39 is 0 Å². The van der Waals surface area contributed by atoms with Crippen molar-refractivity contribution in [1.29, 1.82) is 0 Å². The Bertz CT molecular complexity index is 1090. The van der Waals surface area contributed by atoms with Crippen LogP contribution in [-0.4, -0.2) is 40.0 Å². The van der Waals surface area contributed by atoms with Gasteiger partial charge in [-0.25, -0.2) is 4.98 Å². The average Bonchev–Trinajstić information content (AvgIpc) is 3.31. The Labute approximate surface area is 169 Å². The number of aromatic nitrogens is 1. The van der Waals surface area contributed by atoms with E-state index in [1.165, 1.54) is 11.3 Å². The van der Waals surface area contributed by atoms with Gasteiger partial charge in [-0.1, -0.05) is 30.3 Å². The second-order valence-corrected chi connectivity index (χ2v) is 7.97. The Morgan fingerprint density at radius 3 is 2.79 bits per heavy atom. The zero-order valence-electron chi connectivity index (χ0n) is 14.6. The van der Waals surface area contributed by atoms with Crippen LogP contribution in [0.5, 0.6) is 0 Å². The van der Waals surface area contributed by atoms with Crippen LogP contribution in [0.2, 0.25) is 0 Å². The Balaban J connectivity index is 1.37. The van der Waals surface area contributed by atoms with Gasteiger partial charge in [-0.15, -0.1) is 11.3 Å². The summed E-state index contributed by atoms with van der Waals surface area (Å²) in [5.41, 5.74) is 1.03. The minimum atomic E-state index is -0.341. The summed E-state index contributed by atoms with van der Waals surface area (Å²) in [5, 5.41) is 5.25. The fourth-order valence-electron chi connectivity index (χ4n) is 2.76. The van der Waals surface area contributed by atoms with Crippen LogP contribution >= 0.6 is 23.1 Å². The third-order valence-corrected chi connectivity index (χ3v) is 5.87. The molecule has 1 aromatic carbocycles. The lowest BCUT2D eigenvalue weighted by Gasteiger charge is -2.13. The van der Waals surface area contributed by atoms with Gasteiger partial charge in [-0.2, -0.15) is 0 Å². The number of carbonyl (C=O) groups excluding carboxylic acids is 3. The number of nitrogens with zero attached hydrogens (tertiary/aromatic N) is 2. The zero-order chi connectivity index (χ0) is 19.5. The van der Waals surface area contributed by atoms with Gasteiger partial charge in [0.2, 0.25) is 0 Å². The molecule has 3 amide bonds. The van der Waals surface area contributed by atoms with Crippen molar-refractivity contribution < 1.29 is 14.4 Å². The number of amides is 3. The Kier molecular flexibility index (Phi) is 5.23. The molecule has 1 saturated heterocycles. The third kappa shape index (κ3) is 3.83. The van der Waals surface area contributed by atoms with Crippen LogP contribution in [0.1, 0.15) is 15.4 Å². The third-order valence-electron chi connectivity index (χ3n) is 4.14. The first-order valence-electron chi connectivity index (χ1n) is 8.55. The first-order chi connectivity index (χ1) is 13.6. The van der Waals surface area contributed by atoms with Crippen LogP contribution in [0.4, 0.5) is 4.79 Å². The molecule has 0 atom stereocenters. The van der Waals surface area contributed by atoms with Crippen LogP contribution in [0.25, 0.3) is 17.0 Å². The van der Waals surface area contributed by atoms with Gasteiger partial charge < -0.3 is 5.32 Å². The van der Waals surface area contributed by atoms with Crippen LogP contribution in [0, 0.1) is 0 Å². The van der Waals surface area contributed by atoms with E-state index in [1.807, 2.05) is 47.8 Å². The minimum Gasteiger partial charge on any atom is -0.349 e. The molecule has 0 unspecified atom stereocenters. The molecule has 3 aromatic rings. The van der Waals surface area contributed by atoms with Crippen LogP contribution < -0.4 is 5.32 Å². The lowest BCUT2D eigenvalue weighted by molar-refractivity contribution is -0.122. The topological polar surface area (TPSA) is 79.4 Å². The fraction of sp³-hybridized carbons (Fsp3) is 0.100. The molecule has 0 saturated carbocycles. The van der Waals surface area contributed by atoms with Gasteiger partial charge in [0.25, 0.3) is 17.1 Å². The summed E-state index contributed by atoms with van der Waals surface area (Å²) in [6.07, 6.45) is 1.72. The van der Waals surface area contributed by atoms with Gasteiger partial charge >= 0.3 is 0 Å². The molecule has 0 radical (unpaired) electrons. The van der Waals surface area contributed by atoms with E-state index in [4.69, 9.17) is 0 Å². The normalized spacial score (nSPS) is 15.6. The molecule has 3 heterocycles. The Morgan fingerprint density at radius 1 is 1.11 bits per heavy atom. The van der Waals surface area contributed by atoms with Gasteiger partial charge in [0.1, 0.15) is 5.69 Å². The number of carbonyl (C=O) groups is 3. The molecule has 1 N–H and O–H groups in total. The van der Waals surface area contributed by atoms with E-state index in [2.05, 4.69) is 10.3 Å². The number of rotatable bonds is 5. The van der Waals surface area contributed by atoms with Crippen molar-refractivity contribution >= 4 is 57.1 Å². The van der Waals surface area contributed by atoms with E-state index in [-0.39, 0.29) is 30.1 Å². The van der Waals surface area contributed by atoms with Gasteiger partial charge in [0.15, 0.2) is 0 Å². The number of thiophene rings is 1. The molecule has 0 aliphatic carbocycles. The maximum absolute atomic E-state index is 12.4. The van der Waals surface area contributed by atoms with Gasteiger partial charge in [-0.3, -0.25) is 19.3 Å². The van der Waals surface area contributed by atoms with Crippen molar-refractivity contribution in [2.24, 2.45) is 0 Å². The summed E-state index contributed by atoms with van der Waals surface area (Å²) < 4.78 is 0. The van der Waals surface area contributed by atoms with Crippen molar-refractivity contribution in [3.63, 3.8) is 0 Å². The number of benzene rings is 1. The zero-order valence-corrected chi connectivity index (χ0v) is 16.3. The molecule has 2 aromatic heterocycles. The van der Waals surface area contributed by atoms with Crippen molar-refractivity contribution in [2.45, 2.75) is 0 Å². The lowest BCUT2D eigenvalue weighted by Crippen LogP contribution is -2.37. The monoisotopic (exact) mass is 409 g/mol. The maximum atomic E-state index is 12.4. The molecule has 140 valence electrons. The number of imide groups is 1. The molecule has 1 aliphatic heterocycles. The highest BCUT2D eigenvalue weighted by Gasteiger charge is 2.34. The van der Waals surface area contributed by atoms with Crippen LogP contribution in [0.3, 0.4) is 0 Å². The highest BCUT2D eigenvalue weighted by Crippen LogP contribution is 2.32. The van der Waals surface area contributed by atoms with E-state index >= 15 is 0 Å². The van der Waals surface area contributed by atoms with Crippen LogP contribution in [0.15, 0.2) is 58.8 Å². The SMILES string of the molecule is O=C(NCCN1C(=O)SC(=Cc2cccs2)C1=O)c1ccc2ccccc2n1. The summed E-state index contributed by atoms with van der Waals surface area (Å²) >= 11 is 2.42. The van der Waals surface area contributed by atoms with Gasteiger partial charge in [0.05, 0.1) is 10.4 Å². The van der Waals surface area contributed by atoms with Gasteiger partial charge in [-0.05, 0) is 41.4 Å². The largest absolute Gasteiger partial charge is 0.349 e. The van der Waals surface area contributed by atoms with Crippen LogP contribution in [-0.2, 0) is 4.79 Å². The van der Waals surface area contributed by atoms with Gasteiger partial charge in [0, 0.05) is 23.4 Å². The number of fused-ring (bicyclic) bond motifs is 1. The smallest absolute Gasteiger partial charge is 0.293 e. The standard InChI is InChI=1S/C20H15N3O3S2/c24-18(16-8-7-13-4-1-2-6-15(13)22-16)21-9-10-23-19(25)17(28-20(23)26)12-14-5-3-11-27-14/h1-8,11-12H,9-10H2,(H,21,24). The first-order valence-corrected chi connectivity index (χ1v) is 10.2. The summed E-state index contributed by atoms with van der Waals surface area (Å²) in [6.45, 7) is 0.281. The minimum absolute atomic E-state index is 0.117. The molecule has 0 bridgehead atoms. The molecule has 1 fully saturated rings. The second-order valence-electron chi connectivity index (χ2n) is 5.99. The summed E-state index contributed by atoms with van der Waals surface area (Å²) in [5.74, 6) is -0.673. The first kappa shape index (κ1) is 18.4. The molecule has 6 nitrogen and oxygen atoms in total. The summed E-state index contributed by atoms with van der Waals surface area (Å²) in [7, 11) is 0. The van der Waals surface area contributed by atoms with Crippen molar-refractivity contribution in [3.05, 3.63) is 69.4 Å². The Morgan fingerprint density at radius 2 is 1.96 bits per heavy atom. The second kappa shape index (κ2) is 7.95. The average molecular weight is 409 g/mol. The number of para-hydroxylation sites is 1. The predicted octanol–water partition coefficient (Wildman–Crippen LogP) is 3.76. The molecule has 1 aliphatic rings. The molecule has 4 rings (SSSR count). The maximum Gasteiger partial charge on any atom is 0.293 e. The molecular weight excluding hydrogens is 394 g/mol. The number of hydrogen-bond acceptors (Lipinski definition) is 6. The number of thioether (sulfide) groups is 1. The highest BCUT2D eigenvalue weighted by molar-refractivity contribution is 8.18. The quantitative estimate of drug-likeness (QED) is 0.649. The highest BCUT2D eigenvalue weighted by atomic mass is 32.2. The summed E-state index contributed by atoms with van der Waals surface area (Å²) in [4.78, 5) is 43.7. The Hall–Kier alpha value is -2.97. The molecule has 28 heavy (non-hydrogen) atoms. The summed E-state index contributed by atoms with van der Waals surface area (Å²) in [6, 6.07) is 14.8. The van der Waals surface area contributed by atoms with E-state index in [9.17, 15) is 14.4 Å². The van der Waals surface area contributed by atoms with E-state index in [0.29, 0.717) is 10.6 Å². The molecule has 8 heteroatoms. The molecular formula is C20H15N3O3S2. The number of hydrogen-bond donors (Lipinski definition) is 1. The molecule has 0 spiro atoms. The number of pyridine rings is 1. The lowest BCUT2D eigenvalue weighted by atomic mass is 10.2. The van der Waals surface area contributed by atoms with E-state index in [1.54, 1.807) is 12.1 Å².